The summed E-state index contributed by atoms with van der Waals surface area (Å²) in [6.07, 6.45) is 13.2. The standard InChI is InChI=1S/C58H63N2O2P/c1-61-55-38-36-52(57(62-2)58(55)63(50-29-17-7-18-30-50)51-31-19-8-20-32-51)56-53-39-49(59(40-44-21-9-3-10-22-44)41-45-23-11-4-12-24-45)35-33-48(53)34-37-54(56)60(42-46-25-13-5-14-26-46)43-47-27-15-6-16-28-47/h3-6,9-16,21-28,33-39,50-51H,7-8,17-20,29-32,40-43H2,1-2H3. The molecule has 322 valence electrons. The number of benzene rings is 7. The van der Waals surface area contributed by atoms with Gasteiger partial charge in [0.25, 0.3) is 0 Å². The summed E-state index contributed by atoms with van der Waals surface area (Å²) in [6.45, 7) is 3.13. The molecule has 5 heteroatoms. The summed E-state index contributed by atoms with van der Waals surface area (Å²) >= 11 is 0. The molecule has 0 spiro atoms. The minimum Gasteiger partial charge on any atom is -0.496 e. The van der Waals surface area contributed by atoms with Gasteiger partial charge in [0.15, 0.2) is 0 Å². The van der Waals surface area contributed by atoms with Crippen LogP contribution in [0.1, 0.15) is 86.5 Å². The van der Waals surface area contributed by atoms with Crippen LogP contribution in [0.2, 0.25) is 0 Å². The quantitative estimate of drug-likeness (QED) is 0.0905. The lowest BCUT2D eigenvalue weighted by Crippen LogP contribution is -2.28. The smallest absolute Gasteiger partial charge is 0.138 e. The van der Waals surface area contributed by atoms with Gasteiger partial charge in [-0.05, 0) is 100 Å². The van der Waals surface area contributed by atoms with Gasteiger partial charge in [0, 0.05) is 48.7 Å². The second-order valence-electron chi connectivity index (χ2n) is 17.7. The van der Waals surface area contributed by atoms with E-state index in [0.29, 0.717) is 11.3 Å². The molecule has 0 N–H and O–H groups in total. The van der Waals surface area contributed by atoms with Crippen molar-refractivity contribution in [3.8, 4) is 22.6 Å². The van der Waals surface area contributed by atoms with Gasteiger partial charge in [0.05, 0.1) is 19.5 Å². The first-order chi connectivity index (χ1) is 31.2. The van der Waals surface area contributed by atoms with Crippen molar-refractivity contribution in [2.75, 3.05) is 24.0 Å². The van der Waals surface area contributed by atoms with Crippen molar-refractivity contribution in [3.63, 3.8) is 0 Å². The van der Waals surface area contributed by atoms with Crippen LogP contribution in [-0.2, 0) is 26.2 Å². The van der Waals surface area contributed by atoms with Crippen molar-refractivity contribution in [1.29, 1.82) is 0 Å². The molecule has 0 bridgehead atoms. The summed E-state index contributed by atoms with van der Waals surface area (Å²) in [5.74, 6) is 2.02. The van der Waals surface area contributed by atoms with Crippen LogP contribution < -0.4 is 24.6 Å². The Labute approximate surface area is 377 Å². The van der Waals surface area contributed by atoms with Gasteiger partial charge < -0.3 is 19.3 Å². The molecule has 0 aromatic heterocycles. The van der Waals surface area contributed by atoms with Gasteiger partial charge in [-0.25, -0.2) is 0 Å². The highest BCUT2D eigenvalue weighted by atomic mass is 31.1. The maximum Gasteiger partial charge on any atom is 0.138 e. The van der Waals surface area contributed by atoms with E-state index in [1.54, 1.807) is 0 Å². The van der Waals surface area contributed by atoms with E-state index in [1.807, 2.05) is 14.2 Å². The number of anilines is 2. The first-order valence-corrected chi connectivity index (χ1v) is 24.9. The fourth-order valence-electron chi connectivity index (χ4n) is 10.5. The predicted octanol–water partition coefficient (Wildman–Crippen LogP) is 14.7. The molecular weight excluding hydrogens is 788 g/mol. The lowest BCUT2D eigenvalue weighted by atomic mass is 9.93. The van der Waals surface area contributed by atoms with Crippen LogP contribution in [0.4, 0.5) is 11.4 Å². The molecule has 4 nitrogen and oxygen atoms in total. The molecule has 2 aliphatic rings. The van der Waals surface area contributed by atoms with Crippen molar-refractivity contribution >= 4 is 35.4 Å². The van der Waals surface area contributed by atoms with E-state index in [4.69, 9.17) is 9.47 Å². The van der Waals surface area contributed by atoms with E-state index in [9.17, 15) is 0 Å². The largest absolute Gasteiger partial charge is 0.496 e. The van der Waals surface area contributed by atoms with Gasteiger partial charge in [-0.2, -0.15) is 0 Å². The van der Waals surface area contributed by atoms with Crippen LogP contribution >= 0.6 is 7.92 Å². The lowest BCUT2D eigenvalue weighted by molar-refractivity contribution is 0.401. The normalized spacial score (nSPS) is 14.8. The van der Waals surface area contributed by atoms with Crippen molar-refractivity contribution in [3.05, 3.63) is 186 Å². The number of methoxy groups -OCH3 is 2. The molecule has 2 fully saturated rings. The first-order valence-electron chi connectivity index (χ1n) is 23.4. The molecule has 0 aliphatic heterocycles. The van der Waals surface area contributed by atoms with Crippen molar-refractivity contribution in [2.45, 2.75) is 102 Å². The first kappa shape index (κ1) is 42.7. The third-order valence-corrected chi connectivity index (χ3v) is 17.1. The molecule has 0 unspecified atom stereocenters. The zero-order valence-corrected chi connectivity index (χ0v) is 38.2. The predicted molar refractivity (Wildman–Crippen MR) is 268 cm³/mol. The van der Waals surface area contributed by atoms with E-state index in [-0.39, 0.29) is 0 Å². The maximum atomic E-state index is 6.90. The molecule has 0 heterocycles. The van der Waals surface area contributed by atoms with E-state index in [0.717, 1.165) is 43.2 Å². The highest BCUT2D eigenvalue weighted by Crippen LogP contribution is 2.59. The van der Waals surface area contributed by atoms with E-state index in [2.05, 4.69) is 174 Å². The number of fused-ring (bicyclic) bond motifs is 1. The molecule has 2 aliphatic carbocycles. The zero-order valence-electron chi connectivity index (χ0n) is 37.3. The second-order valence-corrected chi connectivity index (χ2v) is 20.4. The summed E-state index contributed by atoms with van der Waals surface area (Å²) in [7, 11) is 3.25. The minimum atomic E-state index is -0.545. The maximum absolute atomic E-state index is 6.90. The third kappa shape index (κ3) is 9.98. The number of rotatable bonds is 16. The molecule has 9 rings (SSSR count). The molecular formula is C58H63N2O2P. The Balaban J connectivity index is 1.29. The van der Waals surface area contributed by atoms with Crippen LogP contribution in [0.3, 0.4) is 0 Å². The number of hydrogen-bond donors (Lipinski definition) is 0. The molecule has 2 saturated carbocycles. The van der Waals surface area contributed by atoms with Gasteiger partial charge in [-0.1, -0.05) is 180 Å². The van der Waals surface area contributed by atoms with Gasteiger partial charge in [0.2, 0.25) is 0 Å². The summed E-state index contributed by atoms with van der Waals surface area (Å²) in [5, 5.41) is 3.81. The van der Waals surface area contributed by atoms with Crippen LogP contribution in [0.25, 0.3) is 21.9 Å². The van der Waals surface area contributed by atoms with Crippen molar-refractivity contribution in [2.24, 2.45) is 0 Å². The highest BCUT2D eigenvalue weighted by Gasteiger charge is 2.37. The van der Waals surface area contributed by atoms with Crippen LogP contribution in [0.15, 0.2) is 164 Å². The average Bonchev–Trinajstić information content (AvgIpc) is 3.35. The van der Waals surface area contributed by atoms with Gasteiger partial charge >= 0.3 is 0 Å². The minimum absolute atomic E-state index is 0.545. The Bertz CT molecular complexity index is 2410. The Morgan fingerprint density at radius 3 is 1.40 bits per heavy atom. The second kappa shape index (κ2) is 20.7. The Kier molecular flexibility index (Phi) is 14.1. The van der Waals surface area contributed by atoms with Crippen molar-refractivity contribution < 1.29 is 9.47 Å². The van der Waals surface area contributed by atoms with Gasteiger partial charge in [-0.3, -0.25) is 0 Å². The Morgan fingerprint density at radius 2 is 0.937 bits per heavy atom. The van der Waals surface area contributed by atoms with Crippen LogP contribution in [-0.4, -0.2) is 25.5 Å². The molecule has 7 aromatic rings. The van der Waals surface area contributed by atoms with Gasteiger partial charge in [-0.15, -0.1) is 0 Å². The van der Waals surface area contributed by atoms with E-state index < -0.39 is 7.92 Å². The highest BCUT2D eigenvalue weighted by molar-refractivity contribution is 7.67. The summed E-state index contributed by atoms with van der Waals surface area (Å²) < 4.78 is 13.3. The van der Waals surface area contributed by atoms with Crippen LogP contribution in [0.5, 0.6) is 11.5 Å². The topological polar surface area (TPSA) is 24.9 Å². The fourth-order valence-corrected chi connectivity index (χ4v) is 14.5. The van der Waals surface area contributed by atoms with E-state index >= 15 is 0 Å². The molecule has 7 aromatic carbocycles. The fraction of sp³-hybridized carbons (Fsp3) is 0.310. The number of ether oxygens (including phenoxy) is 2. The zero-order chi connectivity index (χ0) is 42.8. The molecule has 63 heavy (non-hydrogen) atoms. The monoisotopic (exact) mass is 850 g/mol. The van der Waals surface area contributed by atoms with Crippen molar-refractivity contribution in [1.82, 2.24) is 0 Å². The average molecular weight is 851 g/mol. The lowest BCUT2D eigenvalue weighted by Gasteiger charge is -2.40. The summed E-state index contributed by atoms with van der Waals surface area (Å²) in [4.78, 5) is 5.13. The molecule has 0 atom stereocenters. The molecule has 0 radical (unpaired) electrons. The Hall–Kier alpha value is -5.57. The summed E-state index contributed by atoms with van der Waals surface area (Å²) in [5.41, 5.74) is 11.3. The van der Waals surface area contributed by atoms with E-state index in [1.165, 1.54) is 119 Å². The summed E-state index contributed by atoms with van der Waals surface area (Å²) in [6, 6.07) is 60.2. The third-order valence-electron chi connectivity index (χ3n) is 13.5. The molecule has 0 saturated heterocycles. The number of hydrogen-bond acceptors (Lipinski definition) is 4. The SMILES string of the molecule is COc1ccc(-c2c(N(Cc3ccccc3)Cc3ccccc3)ccc3ccc(N(Cc4ccccc4)Cc4ccccc4)cc23)c(OC)c1P(C1CCCCC1)C1CCCCC1. The molecule has 0 amide bonds. The van der Waals surface area contributed by atoms with Crippen LogP contribution in [0, 0.1) is 0 Å². The Morgan fingerprint density at radius 1 is 0.476 bits per heavy atom. The number of nitrogens with zero attached hydrogens (tertiary/aromatic N) is 2. The van der Waals surface area contributed by atoms with Gasteiger partial charge in [0.1, 0.15) is 11.5 Å².